The summed E-state index contributed by atoms with van der Waals surface area (Å²) in [5, 5.41) is 12.3. The van der Waals surface area contributed by atoms with Crippen molar-refractivity contribution in [2.24, 2.45) is 0 Å². The summed E-state index contributed by atoms with van der Waals surface area (Å²) in [5.41, 5.74) is 2.80. The molecule has 0 atom stereocenters. The van der Waals surface area contributed by atoms with Gasteiger partial charge in [-0.3, -0.25) is 4.79 Å². The van der Waals surface area contributed by atoms with E-state index in [-0.39, 0.29) is 6.42 Å². The number of fused-ring (bicyclic) bond motifs is 2. The minimum absolute atomic E-state index is 0.0521. The van der Waals surface area contributed by atoms with Crippen LogP contribution in [-0.4, -0.2) is 22.7 Å². The van der Waals surface area contributed by atoms with Crippen molar-refractivity contribution in [2.45, 2.75) is 19.8 Å². The molecule has 0 unspecified atom stereocenters. The van der Waals surface area contributed by atoms with E-state index in [0.29, 0.717) is 13.0 Å². The molecule has 0 bridgehead atoms. The van der Waals surface area contributed by atoms with E-state index in [1.165, 1.54) is 0 Å². The minimum atomic E-state index is -0.819. The third kappa shape index (κ3) is 4.15. The molecule has 0 saturated heterocycles. The third-order valence-electron chi connectivity index (χ3n) is 4.73. The summed E-state index contributed by atoms with van der Waals surface area (Å²) < 4.78 is 6.98. The zero-order chi connectivity index (χ0) is 20.2. The molecule has 5 heteroatoms. The van der Waals surface area contributed by atoms with Crippen molar-refractivity contribution >= 4 is 49.9 Å². The summed E-state index contributed by atoms with van der Waals surface area (Å²) in [7, 11) is 0. The van der Waals surface area contributed by atoms with Crippen LogP contribution in [0.3, 0.4) is 0 Å². The van der Waals surface area contributed by atoms with Gasteiger partial charge in [-0.25, -0.2) is 4.98 Å². The highest BCUT2D eigenvalue weighted by molar-refractivity contribution is 7.19. The number of allylic oxidation sites excluding steroid dienone is 1. The second-order valence-electron chi connectivity index (χ2n) is 6.68. The Kier molecular flexibility index (Phi) is 5.58. The van der Waals surface area contributed by atoms with Crippen LogP contribution in [0.4, 0.5) is 0 Å². The van der Waals surface area contributed by atoms with Gasteiger partial charge in [0.05, 0.1) is 16.8 Å². The molecule has 1 heterocycles. The summed E-state index contributed by atoms with van der Waals surface area (Å²) in [6.45, 7) is 2.52. The van der Waals surface area contributed by atoms with Gasteiger partial charge in [-0.15, -0.1) is 11.3 Å². The fraction of sp³-hybridized carbons (Fsp3) is 0.167. The first kappa shape index (κ1) is 19.2. The number of ether oxygens (including phenoxy) is 1. The van der Waals surface area contributed by atoms with Gasteiger partial charge in [-0.05, 0) is 54.0 Å². The predicted octanol–water partition coefficient (Wildman–Crippen LogP) is 6.25. The van der Waals surface area contributed by atoms with Crippen molar-refractivity contribution < 1.29 is 14.6 Å². The molecular formula is C24H21NO3S. The molecule has 29 heavy (non-hydrogen) atoms. The summed E-state index contributed by atoms with van der Waals surface area (Å²) in [6.07, 6.45) is 2.51. The lowest BCUT2D eigenvalue weighted by atomic mass is 9.99. The molecule has 4 rings (SSSR count). The normalized spacial score (nSPS) is 11.8. The van der Waals surface area contributed by atoms with Crippen LogP contribution in [0.5, 0.6) is 5.75 Å². The number of hydrogen-bond donors (Lipinski definition) is 1. The van der Waals surface area contributed by atoms with E-state index < -0.39 is 5.97 Å². The number of benzene rings is 3. The maximum Gasteiger partial charge on any atom is 0.303 e. The van der Waals surface area contributed by atoms with E-state index in [9.17, 15) is 9.90 Å². The predicted molar refractivity (Wildman–Crippen MR) is 119 cm³/mol. The van der Waals surface area contributed by atoms with Crippen LogP contribution in [-0.2, 0) is 4.79 Å². The van der Waals surface area contributed by atoms with E-state index in [4.69, 9.17) is 9.72 Å². The molecule has 0 saturated carbocycles. The number of rotatable bonds is 7. The van der Waals surface area contributed by atoms with Crippen LogP contribution in [0.25, 0.3) is 32.6 Å². The maximum absolute atomic E-state index is 11.3. The second-order valence-corrected chi connectivity index (χ2v) is 7.71. The summed E-state index contributed by atoms with van der Waals surface area (Å²) in [4.78, 5) is 16.0. The fourth-order valence-electron chi connectivity index (χ4n) is 3.37. The van der Waals surface area contributed by atoms with E-state index in [1.807, 2.05) is 61.5 Å². The van der Waals surface area contributed by atoms with E-state index in [0.717, 1.165) is 42.9 Å². The fourth-order valence-corrected chi connectivity index (χ4v) is 4.38. The Morgan fingerprint density at radius 2 is 1.86 bits per heavy atom. The monoisotopic (exact) mass is 403 g/mol. The quantitative estimate of drug-likeness (QED) is 0.396. The number of aliphatic carboxylic acids is 1. The lowest BCUT2D eigenvalue weighted by Gasteiger charge is -2.12. The van der Waals surface area contributed by atoms with Crippen molar-refractivity contribution in [3.63, 3.8) is 0 Å². The van der Waals surface area contributed by atoms with Crippen LogP contribution >= 0.6 is 11.3 Å². The maximum atomic E-state index is 11.3. The van der Waals surface area contributed by atoms with Crippen LogP contribution in [0.2, 0.25) is 0 Å². The van der Waals surface area contributed by atoms with Crippen LogP contribution in [0.15, 0.2) is 60.7 Å². The van der Waals surface area contributed by atoms with Gasteiger partial charge in [0, 0.05) is 12.0 Å². The molecule has 1 N–H and O–H groups in total. The molecule has 0 aliphatic carbocycles. The Morgan fingerprint density at radius 3 is 2.66 bits per heavy atom. The lowest BCUT2D eigenvalue weighted by Crippen LogP contribution is -1.97. The van der Waals surface area contributed by atoms with E-state index in [2.05, 4.69) is 12.1 Å². The van der Waals surface area contributed by atoms with Gasteiger partial charge < -0.3 is 9.84 Å². The van der Waals surface area contributed by atoms with Crippen molar-refractivity contribution in [3.05, 3.63) is 71.2 Å². The first-order chi connectivity index (χ1) is 14.2. The molecule has 0 fully saturated rings. The summed E-state index contributed by atoms with van der Waals surface area (Å²) in [6, 6.07) is 20.1. The average molecular weight is 404 g/mol. The van der Waals surface area contributed by atoms with Gasteiger partial charge in [0.25, 0.3) is 0 Å². The van der Waals surface area contributed by atoms with Crippen molar-refractivity contribution in [2.75, 3.05) is 6.61 Å². The smallest absolute Gasteiger partial charge is 0.303 e. The van der Waals surface area contributed by atoms with Gasteiger partial charge >= 0.3 is 5.97 Å². The Morgan fingerprint density at radius 1 is 1.07 bits per heavy atom. The van der Waals surface area contributed by atoms with E-state index >= 15 is 0 Å². The SMILES string of the molecule is CCOc1ccc2ccccc2c1/C=C(\CCC(=O)O)c1nc2ccccc2s1. The van der Waals surface area contributed by atoms with Crippen molar-refractivity contribution in [1.82, 2.24) is 4.98 Å². The molecule has 0 aliphatic heterocycles. The zero-order valence-electron chi connectivity index (χ0n) is 16.1. The highest BCUT2D eigenvalue weighted by atomic mass is 32.1. The molecule has 1 aromatic heterocycles. The number of hydrogen-bond acceptors (Lipinski definition) is 4. The molecule has 146 valence electrons. The number of carbonyl (C=O) groups is 1. The lowest BCUT2D eigenvalue weighted by molar-refractivity contribution is -0.136. The molecule has 3 aromatic carbocycles. The van der Waals surface area contributed by atoms with Gasteiger partial charge in [0.1, 0.15) is 10.8 Å². The Bertz CT molecular complexity index is 1180. The summed E-state index contributed by atoms with van der Waals surface area (Å²) >= 11 is 1.59. The molecular weight excluding hydrogens is 382 g/mol. The first-order valence-corrected chi connectivity index (χ1v) is 10.4. The number of carboxylic acid groups (broad SMARTS) is 1. The van der Waals surface area contributed by atoms with E-state index in [1.54, 1.807) is 11.3 Å². The Labute approximate surface area is 173 Å². The van der Waals surface area contributed by atoms with Gasteiger partial charge in [0.15, 0.2) is 0 Å². The minimum Gasteiger partial charge on any atom is -0.493 e. The largest absolute Gasteiger partial charge is 0.493 e. The third-order valence-corrected chi connectivity index (χ3v) is 5.84. The molecule has 0 spiro atoms. The second kappa shape index (κ2) is 8.45. The number of nitrogens with zero attached hydrogens (tertiary/aromatic N) is 1. The highest BCUT2D eigenvalue weighted by Gasteiger charge is 2.14. The molecule has 0 aliphatic rings. The Hall–Kier alpha value is -3.18. The van der Waals surface area contributed by atoms with Gasteiger partial charge in [-0.1, -0.05) is 42.5 Å². The first-order valence-electron chi connectivity index (χ1n) is 9.58. The van der Waals surface area contributed by atoms with Crippen molar-refractivity contribution in [3.8, 4) is 5.75 Å². The Balaban J connectivity index is 1.90. The number of thiazole rings is 1. The van der Waals surface area contributed by atoms with Gasteiger partial charge in [0.2, 0.25) is 0 Å². The molecule has 4 nitrogen and oxygen atoms in total. The summed E-state index contributed by atoms with van der Waals surface area (Å²) in [5.74, 6) is -0.0277. The topological polar surface area (TPSA) is 59.4 Å². The molecule has 0 radical (unpaired) electrons. The highest BCUT2D eigenvalue weighted by Crippen LogP contribution is 2.35. The van der Waals surface area contributed by atoms with Crippen molar-refractivity contribution in [1.29, 1.82) is 0 Å². The molecule has 4 aromatic rings. The van der Waals surface area contributed by atoms with Gasteiger partial charge in [-0.2, -0.15) is 0 Å². The molecule has 0 amide bonds. The zero-order valence-corrected chi connectivity index (χ0v) is 16.9. The number of para-hydroxylation sites is 1. The van der Waals surface area contributed by atoms with Crippen LogP contribution in [0.1, 0.15) is 30.3 Å². The number of aromatic nitrogens is 1. The van der Waals surface area contributed by atoms with Crippen LogP contribution in [0, 0.1) is 0 Å². The number of carboxylic acids is 1. The standard InChI is InChI=1S/C24H21NO3S/c1-2-28-21-13-11-16-7-3-4-8-18(16)19(21)15-17(12-14-23(26)27)24-25-20-9-5-6-10-22(20)29-24/h3-11,13,15H,2,12,14H2,1H3,(H,26,27)/b17-15+. The average Bonchev–Trinajstić information content (AvgIpc) is 3.16. The van der Waals surface area contributed by atoms with Crippen LogP contribution < -0.4 is 4.74 Å².